The Hall–Kier alpha value is -1.33. The molecule has 0 saturated heterocycles. The van der Waals surface area contributed by atoms with E-state index in [4.69, 9.17) is 4.74 Å². The van der Waals surface area contributed by atoms with Gasteiger partial charge in [-0.05, 0) is 42.8 Å². The molecular weight excluding hydrogens is 398 g/mol. The number of carbonyl (C=O) groups excluding carboxylic acids is 1. The summed E-state index contributed by atoms with van der Waals surface area (Å²) in [6.45, 7) is 1.95. The van der Waals surface area contributed by atoms with Gasteiger partial charge in [0.15, 0.2) is 0 Å². The van der Waals surface area contributed by atoms with Crippen LogP contribution in [0.5, 0.6) is 5.75 Å². The van der Waals surface area contributed by atoms with Crippen LogP contribution < -0.4 is 10.1 Å². The van der Waals surface area contributed by atoms with Gasteiger partial charge in [0.2, 0.25) is 0 Å². The van der Waals surface area contributed by atoms with Crippen LogP contribution in [0.4, 0.5) is 0 Å². The summed E-state index contributed by atoms with van der Waals surface area (Å²) in [6.07, 6.45) is 0. The Bertz CT molecular complexity index is 641. The molecule has 2 aromatic rings. The molecule has 0 heterocycles. The third-order valence-electron chi connectivity index (χ3n) is 3.13. The molecule has 1 N–H and O–H groups in total. The molecule has 0 aliphatic heterocycles. The highest BCUT2D eigenvalue weighted by atomic mass is 79.9. The van der Waals surface area contributed by atoms with Crippen LogP contribution in [0.1, 0.15) is 28.9 Å². The Morgan fingerprint density at radius 1 is 1.10 bits per heavy atom. The molecule has 0 saturated carbocycles. The van der Waals surface area contributed by atoms with Gasteiger partial charge < -0.3 is 10.1 Å². The molecule has 2 rings (SSSR count). The quantitative estimate of drug-likeness (QED) is 0.789. The lowest BCUT2D eigenvalue weighted by Gasteiger charge is -2.16. The summed E-state index contributed by atoms with van der Waals surface area (Å²) in [4.78, 5) is 12.4. The summed E-state index contributed by atoms with van der Waals surface area (Å²) in [5.74, 6) is 0.389. The van der Waals surface area contributed by atoms with Crippen molar-refractivity contribution in [1.29, 1.82) is 0 Å². The lowest BCUT2D eigenvalue weighted by Crippen LogP contribution is -2.27. The second kappa shape index (κ2) is 7.09. The monoisotopic (exact) mass is 411 g/mol. The molecule has 110 valence electrons. The number of amides is 1. The number of benzene rings is 2. The standard InChI is InChI=1S/C16H15Br2NO2/c1-10(11-3-5-12(17)6-4-11)19-16(20)14-8-7-13(18)9-15(14)21-2/h3-10H,1-2H3,(H,19,20). The van der Waals surface area contributed by atoms with Crippen molar-refractivity contribution in [1.82, 2.24) is 5.32 Å². The fourth-order valence-corrected chi connectivity index (χ4v) is 2.57. The van der Waals surface area contributed by atoms with Crippen molar-refractivity contribution < 1.29 is 9.53 Å². The summed E-state index contributed by atoms with van der Waals surface area (Å²) < 4.78 is 7.14. The number of methoxy groups -OCH3 is 1. The van der Waals surface area contributed by atoms with Crippen LogP contribution in [-0.4, -0.2) is 13.0 Å². The van der Waals surface area contributed by atoms with Crippen LogP contribution >= 0.6 is 31.9 Å². The number of hydrogen-bond acceptors (Lipinski definition) is 2. The van der Waals surface area contributed by atoms with E-state index in [2.05, 4.69) is 37.2 Å². The zero-order valence-electron chi connectivity index (χ0n) is 11.7. The average molecular weight is 413 g/mol. The molecule has 2 aromatic carbocycles. The predicted molar refractivity (Wildman–Crippen MR) is 90.7 cm³/mol. The van der Waals surface area contributed by atoms with E-state index in [1.165, 1.54) is 0 Å². The molecule has 0 spiro atoms. The number of carbonyl (C=O) groups is 1. The molecule has 0 radical (unpaired) electrons. The van der Waals surface area contributed by atoms with Gasteiger partial charge in [-0.2, -0.15) is 0 Å². The van der Waals surface area contributed by atoms with Crippen LogP contribution in [0.15, 0.2) is 51.4 Å². The largest absolute Gasteiger partial charge is 0.496 e. The van der Waals surface area contributed by atoms with Crippen LogP contribution in [0.2, 0.25) is 0 Å². The van der Waals surface area contributed by atoms with Gasteiger partial charge in [-0.15, -0.1) is 0 Å². The van der Waals surface area contributed by atoms with E-state index in [1.807, 2.05) is 37.3 Å². The summed E-state index contributed by atoms with van der Waals surface area (Å²) in [5.41, 5.74) is 1.56. The Labute approximate surface area is 141 Å². The highest BCUT2D eigenvalue weighted by Crippen LogP contribution is 2.24. The van der Waals surface area contributed by atoms with Crippen molar-refractivity contribution in [3.63, 3.8) is 0 Å². The molecule has 21 heavy (non-hydrogen) atoms. The molecule has 0 fully saturated rings. The topological polar surface area (TPSA) is 38.3 Å². The van der Waals surface area contributed by atoms with Crippen LogP contribution in [0.3, 0.4) is 0 Å². The van der Waals surface area contributed by atoms with Gasteiger partial charge in [0.25, 0.3) is 5.91 Å². The lowest BCUT2D eigenvalue weighted by atomic mass is 10.1. The molecule has 0 aromatic heterocycles. The maximum atomic E-state index is 12.4. The summed E-state index contributed by atoms with van der Waals surface area (Å²) in [5, 5.41) is 2.98. The fourth-order valence-electron chi connectivity index (χ4n) is 1.96. The molecule has 5 heteroatoms. The number of nitrogens with one attached hydrogen (secondary N) is 1. The minimum Gasteiger partial charge on any atom is -0.496 e. The molecule has 1 amide bonds. The minimum absolute atomic E-state index is 0.0843. The average Bonchev–Trinajstić information content (AvgIpc) is 2.47. The van der Waals surface area contributed by atoms with Crippen LogP contribution in [0, 0.1) is 0 Å². The van der Waals surface area contributed by atoms with Gasteiger partial charge in [-0.25, -0.2) is 0 Å². The van der Waals surface area contributed by atoms with E-state index in [0.717, 1.165) is 14.5 Å². The highest BCUT2D eigenvalue weighted by Gasteiger charge is 2.15. The maximum Gasteiger partial charge on any atom is 0.255 e. The first-order chi connectivity index (χ1) is 10.0. The maximum absolute atomic E-state index is 12.4. The van der Waals surface area contributed by atoms with Gasteiger partial charge >= 0.3 is 0 Å². The molecule has 0 bridgehead atoms. The number of halogens is 2. The van der Waals surface area contributed by atoms with Gasteiger partial charge in [-0.1, -0.05) is 44.0 Å². The molecular formula is C16H15Br2NO2. The Kier molecular flexibility index (Phi) is 5.42. The van der Waals surface area contributed by atoms with E-state index < -0.39 is 0 Å². The van der Waals surface area contributed by atoms with Crippen molar-refractivity contribution in [3.05, 3.63) is 62.5 Å². The number of hydrogen-bond donors (Lipinski definition) is 1. The Balaban J connectivity index is 2.16. The zero-order valence-corrected chi connectivity index (χ0v) is 14.9. The van der Waals surface area contributed by atoms with Gasteiger partial charge in [0, 0.05) is 8.95 Å². The predicted octanol–water partition coefficient (Wildman–Crippen LogP) is 4.71. The van der Waals surface area contributed by atoms with Crippen molar-refractivity contribution in [2.45, 2.75) is 13.0 Å². The van der Waals surface area contributed by atoms with E-state index in [1.54, 1.807) is 19.2 Å². The summed E-state index contributed by atoms with van der Waals surface area (Å²) in [7, 11) is 1.55. The second-order valence-corrected chi connectivity index (χ2v) is 6.42. The second-order valence-electron chi connectivity index (χ2n) is 4.59. The smallest absolute Gasteiger partial charge is 0.255 e. The van der Waals surface area contributed by atoms with Crippen LogP contribution in [0.25, 0.3) is 0 Å². The fraction of sp³-hybridized carbons (Fsp3) is 0.188. The van der Waals surface area contributed by atoms with Gasteiger partial charge in [0.1, 0.15) is 5.75 Å². The summed E-state index contributed by atoms with van der Waals surface area (Å²) >= 11 is 6.76. The Morgan fingerprint density at radius 3 is 2.33 bits per heavy atom. The third-order valence-corrected chi connectivity index (χ3v) is 4.15. The Morgan fingerprint density at radius 2 is 1.71 bits per heavy atom. The van der Waals surface area contributed by atoms with Crippen LogP contribution in [-0.2, 0) is 0 Å². The van der Waals surface area contributed by atoms with Gasteiger partial charge in [0.05, 0.1) is 18.7 Å². The summed E-state index contributed by atoms with van der Waals surface area (Å²) in [6, 6.07) is 13.1. The molecule has 0 aliphatic carbocycles. The zero-order chi connectivity index (χ0) is 15.4. The number of rotatable bonds is 4. The molecule has 1 unspecified atom stereocenters. The minimum atomic E-state index is -0.158. The molecule has 1 atom stereocenters. The lowest BCUT2D eigenvalue weighted by molar-refractivity contribution is 0.0937. The van der Waals surface area contributed by atoms with E-state index >= 15 is 0 Å². The first-order valence-electron chi connectivity index (χ1n) is 6.41. The first kappa shape index (κ1) is 16.0. The van der Waals surface area contributed by atoms with E-state index in [0.29, 0.717) is 11.3 Å². The van der Waals surface area contributed by atoms with Crippen molar-refractivity contribution in [2.75, 3.05) is 7.11 Å². The number of ether oxygens (including phenoxy) is 1. The SMILES string of the molecule is COc1cc(Br)ccc1C(=O)NC(C)c1ccc(Br)cc1. The highest BCUT2D eigenvalue weighted by molar-refractivity contribution is 9.10. The molecule has 0 aliphatic rings. The third kappa shape index (κ3) is 4.08. The van der Waals surface area contributed by atoms with Crippen molar-refractivity contribution in [2.24, 2.45) is 0 Å². The van der Waals surface area contributed by atoms with Gasteiger partial charge in [-0.3, -0.25) is 4.79 Å². The first-order valence-corrected chi connectivity index (χ1v) is 7.99. The van der Waals surface area contributed by atoms with Crippen molar-refractivity contribution >= 4 is 37.8 Å². The normalized spacial score (nSPS) is 11.8. The van der Waals surface area contributed by atoms with E-state index in [9.17, 15) is 4.79 Å². The van der Waals surface area contributed by atoms with Crippen molar-refractivity contribution in [3.8, 4) is 5.75 Å². The van der Waals surface area contributed by atoms with E-state index in [-0.39, 0.29) is 11.9 Å². The molecule has 3 nitrogen and oxygen atoms in total.